The molecule has 1 heterocycles. The molecule has 6 heteroatoms. The highest BCUT2D eigenvalue weighted by atomic mass is 32.2. The predicted octanol–water partition coefficient (Wildman–Crippen LogP) is 3.23. The average Bonchev–Trinajstić information content (AvgIpc) is 3.09. The Labute approximate surface area is 138 Å². The summed E-state index contributed by atoms with van der Waals surface area (Å²) >= 11 is 1.32. The van der Waals surface area contributed by atoms with Gasteiger partial charge in [0.1, 0.15) is 0 Å². The van der Waals surface area contributed by atoms with Crippen molar-refractivity contribution in [3.63, 3.8) is 0 Å². The first-order valence-corrected chi connectivity index (χ1v) is 8.15. The third-order valence-electron chi connectivity index (χ3n) is 3.35. The van der Waals surface area contributed by atoms with Gasteiger partial charge >= 0.3 is 0 Å². The molecule has 1 aromatic heterocycles. The molecule has 0 aliphatic carbocycles. The molecular formula is C17H16N4OS. The SMILES string of the molecule is CN(C(=O)CSc1n[nH]c(-c2ccccc2)n1)c1ccccc1. The molecule has 23 heavy (non-hydrogen) atoms. The number of anilines is 1. The number of para-hydroxylation sites is 1. The van der Waals surface area contributed by atoms with Gasteiger partial charge in [-0.05, 0) is 12.1 Å². The lowest BCUT2D eigenvalue weighted by molar-refractivity contribution is -0.115. The molecule has 116 valence electrons. The van der Waals surface area contributed by atoms with E-state index in [1.165, 1.54) is 11.8 Å². The van der Waals surface area contributed by atoms with Crippen molar-refractivity contribution in [2.24, 2.45) is 0 Å². The van der Waals surface area contributed by atoms with Crippen LogP contribution in [-0.4, -0.2) is 33.9 Å². The minimum Gasteiger partial charge on any atom is -0.315 e. The first-order valence-electron chi connectivity index (χ1n) is 7.16. The maximum atomic E-state index is 12.2. The maximum absolute atomic E-state index is 12.2. The molecule has 0 bridgehead atoms. The number of amides is 1. The lowest BCUT2D eigenvalue weighted by atomic mass is 10.2. The molecule has 3 aromatic rings. The summed E-state index contributed by atoms with van der Waals surface area (Å²) in [6.45, 7) is 0. The van der Waals surface area contributed by atoms with Gasteiger partial charge in [0, 0.05) is 18.3 Å². The van der Waals surface area contributed by atoms with Crippen LogP contribution in [0.5, 0.6) is 0 Å². The highest BCUT2D eigenvalue weighted by Gasteiger charge is 2.13. The smallest absolute Gasteiger partial charge is 0.237 e. The van der Waals surface area contributed by atoms with Gasteiger partial charge in [0.25, 0.3) is 0 Å². The van der Waals surface area contributed by atoms with E-state index in [-0.39, 0.29) is 11.7 Å². The van der Waals surface area contributed by atoms with Crippen LogP contribution in [0.15, 0.2) is 65.8 Å². The summed E-state index contributed by atoms with van der Waals surface area (Å²) in [7, 11) is 1.77. The highest BCUT2D eigenvalue weighted by Crippen LogP contribution is 2.20. The van der Waals surface area contributed by atoms with Crippen LogP contribution in [0.4, 0.5) is 5.69 Å². The maximum Gasteiger partial charge on any atom is 0.237 e. The van der Waals surface area contributed by atoms with Crippen LogP contribution in [0.1, 0.15) is 0 Å². The quantitative estimate of drug-likeness (QED) is 0.732. The van der Waals surface area contributed by atoms with E-state index < -0.39 is 0 Å². The van der Waals surface area contributed by atoms with E-state index in [2.05, 4.69) is 15.2 Å². The summed E-state index contributed by atoms with van der Waals surface area (Å²) < 4.78 is 0. The fraction of sp³-hybridized carbons (Fsp3) is 0.118. The minimum atomic E-state index is 0.00672. The largest absolute Gasteiger partial charge is 0.315 e. The fourth-order valence-electron chi connectivity index (χ4n) is 2.05. The molecule has 0 saturated heterocycles. The Bertz CT molecular complexity index is 774. The highest BCUT2D eigenvalue weighted by molar-refractivity contribution is 7.99. The Morgan fingerprint density at radius 1 is 1.09 bits per heavy atom. The van der Waals surface area contributed by atoms with E-state index in [1.807, 2.05) is 60.7 Å². The lowest BCUT2D eigenvalue weighted by Crippen LogP contribution is -2.27. The zero-order valence-electron chi connectivity index (χ0n) is 12.6. The normalized spacial score (nSPS) is 10.5. The number of hydrogen-bond acceptors (Lipinski definition) is 4. The summed E-state index contributed by atoms with van der Waals surface area (Å²) in [5.41, 5.74) is 1.85. The number of hydrogen-bond donors (Lipinski definition) is 1. The second kappa shape index (κ2) is 7.11. The van der Waals surface area contributed by atoms with Crippen LogP contribution >= 0.6 is 11.8 Å². The van der Waals surface area contributed by atoms with Gasteiger partial charge in [-0.25, -0.2) is 4.98 Å². The van der Waals surface area contributed by atoms with Crippen LogP contribution in [-0.2, 0) is 4.79 Å². The standard InChI is InChI=1S/C17H16N4OS/c1-21(14-10-6-3-7-11-14)15(22)12-23-17-18-16(19-20-17)13-8-4-2-5-9-13/h2-11H,12H2,1H3,(H,18,19,20). The molecular weight excluding hydrogens is 308 g/mol. The number of aromatic amines is 1. The van der Waals surface area contributed by atoms with Crippen LogP contribution in [0.3, 0.4) is 0 Å². The molecule has 5 nitrogen and oxygen atoms in total. The predicted molar refractivity (Wildman–Crippen MR) is 92.4 cm³/mol. The van der Waals surface area contributed by atoms with Crippen LogP contribution < -0.4 is 4.90 Å². The topological polar surface area (TPSA) is 61.9 Å². The third-order valence-corrected chi connectivity index (χ3v) is 4.19. The third kappa shape index (κ3) is 3.78. The summed E-state index contributed by atoms with van der Waals surface area (Å²) in [6.07, 6.45) is 0. The van der Waals surface area contributed by atoms with E-state index in [0.29, 0.717) is 11.0 Å². The summed E-state index contributed by atoms with van der Waals surface area (Å²) in [5.74, 6) is 1.00. The van der Waals surface area contributed by atoms with E-state index in [0.717, 1.165) is 11.3 Å². The summed E-state index contributed by atoms with van der Waals surface area (Å²) in [5, 5.41) is 7.62. The van der Waals surface area contributed by atoms with Gasteiger partial charge in [-0.15, -0.1) is 5.10 Å². The fourth-order valence-corrected chi connectivity index (χ4v) is 2.77. The molecule has 3 rings (SSSR count). The Balaban J connectivity index is 1.61. The molecule has 0 aliphatic rings. The van der Waals surface area contributed by atoms with Crippen molar-refractivity contribution in [3.8, 4) is 11.4 Å². The number of rotatable bonds is 5. The Kier molecular flexibility index (Phi) is 4.73. The Morgan fingerprint density at radius 3 is 2.43 bits per heavy atom. The number of carbonyl (C=O) groups is 1. The van der Waals surface area contributed by atoms with E-state index >= 15 is 0 Å². The molecule has 0 aliphatic heterocycles. The molecule has 1 amide bonds. The molecule has 0 atom stereocenters. The first kappa shape index (κ1) is 15.3. The monoisotopic (exact) mass is 324 g/mol. The zero-order valence-corrected chi connectivity index (χ0v) is 13.5. The molecule has 0 spiro atoms. The van der Waals surface area contributed by atoms with Gasteiger partial charge in [0.15, 0.2) is 5.82 Å². The number of nitrogens with one attached hydrogen (secondary N) is 1. The number of aromatic nitrogens is 3. The molecule has 2 aromatic carbocycles. The van der Waals surface area contributed by atoms with Gasteiger partial charge in [-0.2, -0.15) is 0 Å². The number of nitrogens with zero attached hydrogens (tertiary/aromatic N) is 3. The second-order valence-corrected chi connectivity index (χ2v) is 5.85. The molecule has 0 unspecified atom stereocenters. The van der Waals surface area contributed by atoms with E-state index in [9.17, 15) is 4.79 Å². The molecule has 0 saturated carbocycles. The van der Waals surface area contributed by atoms with Gasteiger partial charge in [0.2, 0.25) is 11.1 Å². The number of thioether (sulfide) groups is 1. The van der Waals surface area contributed by atoms with Gasteiger partial charge in [0.05, 0.1) is 5.75 Å². The van der Waals surface area contributed by atoms with Crippen molar-refractivity contribution in [1.82, 2.24) is 15.2 Å². The number of benzene rings is 2. The number of carbonyl (C=O) groups excluding carboxylic acids is 1. The average molecular weight is 324 g/mol. The van der Waals surface area contributed by atoms with Crippen LogP contribution in [0, 0.1) is 0 Å². The second-order valence-electron chi connectivity index (χ2n) is 4.91. The van der Waals surface area contributed by atoms with Crippen molar-refractivity contribution >= 4 is 23.4 Å². The van der Waals surface area contributed by atoms with Crippen molar-refractivity contribution in [2.45, 2.75) is 5.16 Å². The van der Waals surface area contributed by atoms with Gasteiger partial charge in [-0.3, -0.25) is 9.89 Å². The summed E-state index contributed by atoms with van der Waals surface area (Å²) in [4.78, 5) is 18.3. The Morgan fingerprint density at radius 2 is 1.74 bits per heavy atom. The van der Waals surface area contributed by atoms with Gasteiger partial charge in [-0.1, -0.05) is 60.3 Å². The Hall–Kier alpha value is -2.60. The van der Waals surface area contributed by atoms with Crippen molar-refractivity contribution in [2.75, 3.05) is 17.7 Å². The summed E-state index contributed by atoms with van der Waals surface area (Å²) in [6, 6.07) is 19.3. The molecule has 1 N–H and O–H groups in total. The van der Waals surface area contributed by atoms with Crippen molar-refractivity contribution in [1.29, 1.82) is 0 Å². The molecule has 0 radical (unpaired) electrons. The number of H-pyrrole nitrogens is 1. The van der Waals surface area contributed by atoms with E-state index in [1.54, 1.807) is 11.9 Å². The van der Waals surface area contributed by atoms with Gasteiger partial charge < -0.3 is 4.90 Å². The van der Waals surface area contributed by atoms with Crippen LogP contribution in [0.2, 0.25) is 0 Å². The lowest BCUT2D eigenvalue weighted by Gasteiger charge is -2.16. The van der Waals surface area contributed by atoms with Crippen molar-refractivity contribution < 1.29 is 4.79 Å². The van der Waals surface area contributed by atoms with Crippen LogP contribution in [0.25, 0.3) is 11.4 Å². The first-order chi connectivity index (χ1) is 11.2. The van der Waals surface area contributed by atoms with E-state index in [4.69, 9.17) is 0 Å². The molecule has 0 fully saturated rings. The minimum absolute atomic E-state index is 0.00672. The zero-order chi connectivity index (χ0) is 16.1. The van der Waals surface area contributed by atoms with Crippen molar-refractivity contribution in [3.05, 3.63) is 60.7 Å².